The van der Waals surface area contributed by atoms with Crippen LogP contribution in [0.25, 0.3) is 0 Å². The van der Waals surface area contributed by atoms with E-state index < -0.39 is 28.5 Å². The van der Waals surface area contributed by atoms with Gasteiger partial charge in [0, 0.05) is 25.6 Å². The lowest BCUT2D eigenvalue weighted by atomic mass is 10.0. The Morgan fingerprint density at radius 3 is 2.20 bits per heavy atom. The molecule has 0 aliphatic rings. The maximum Gasteiger partial charge on any atom is 0.244 e. The van der Waals surface area contributed by atoms with Crippen molar-refractivity contribution >= 4 is 27.5 Å². The quantitative estimate of drug-likeness (QED) is 0.309. The number of rotatable bonds is 14. The molecule has 0 unspecified atom stereocenters. The zero-order chi connectivity index (χ0) is 30.0. The molecule has 10 heteroatoms. The summed E-state index contributed by atoms with van der Waals surface area (Å²) in [5.41, 5.74) is 2.91. The number of nitrogens with one attached hydrogen (secondary N) is 1. The fraction of sp³-hybridized carbons (Fsp3) is 0.355. The molecule has 1 N–H and O–H groups in total. The number of anilines is 1. The molecular formula is C31H39N3O6S. The van der Waals surface area contributed by atoms with Crippen LogP contribution in [0.2, 0.25) is 0 Å². The maximum absolute atomic E-state index is 14.2. The Kier molecular flexibility index (Phi) is 11.2. The number of hydrogen-bond acceptors (Lipinski definition) is 6. The highest BCUT2D eigenvalue weighted by molar-refractivity contribution is 7.92. The van der Waals surface area contributed by atoms with Crippen LogP contribution in [0.3, 0.4) is 0 Å². The summed E-state index contributed by atoms with van der Waals surface area (Å²) in [4.78, 5) is 29.2. The number of amides is 2. The Balaban J connectivity index is 2.09. The van der Waals surface area contributed by atoms with E-state index in [0.29, 0.717) is 12.3 Å². The van der Waals surface area contributed by atoms with Crippen molar-refractivity contribution in [1.29, 1.82) is 0 Å². The molecule has 220 valence electrons. The molecule has 0 aliphatic carbocycles. The minimum Gasteiger partial charge on any atom is -0.497 e. The van der Waals surface area contributed by atoms with Gasteiger partial charge >= 0.3 is 0 Å². The van der Waals surface area contributed by atoms with Gasteiger partial charge in [0.15, 0.2) is 0 Å². The van der Waals surface area contributed by atoms with E-state index in [9.17, 15) is 18.0 Å². The first-order valence-electron chi connectivity index (χ1n) is 13.4. The minimum atomic E-state index is -3.95. The number of aryl methyl sites for hydroxylation is 1. The number of hydrogen-bond donors (Lipinski definition) is 1. The lowest BCUT2D eigenvalue weighted by molar-refractivity contribution is -0.140. The first-order valence-corrected chi connectivity index (χ1v) is 15.3. The molecule has 1 atom stereocenters. The first-order chi connectivity index (χ1) is 19.6. The molecule has 0 fully saturated rings. The van der Waals surface area contributed by atoms with Gasteiger partial charge in [0.05, 0.1) is 26.2 Å². The molecule has 0 bridgehead atoms. The highest BCUT2D eigenvalue weighted by Gasteiger charge is 2.33. The predicted octanol–water partition coefficient (Wildman–Crippen LogP) is 3.94. The summed E-state index contributed by atoms with van der Waals surface area (Å²) >= 11 is 0. The number of nitrogens with zero attached hydrogens (tertiary/aromatic N) is 2. The Labute approximate surface area is 243 Å². The van der Waals surface area contributed by atoms with Gasteiger partial charge in [0.25, 0.3) is 0 Å². The lowest BCUT2D eigenvalue weighted by Crippen LogP contribution is -2.53. The van der Waals surface area contributed by atoms with Crippen LogP contribution in [0, 0.1) is 6.92 Å². The van der Waals surface area contributed by atoms with Crippen LogP contribution in [0.15, 0.2) is 72.8 Å². The van der Waals surface area contributed by atoms with Crippen molar-refractivity contribution in [3.8, 4) is 11.5 Å². The molecule has 0 spiro atoms. The van der Waals surface area contributed by atoms with Crippen molar-refractivity contribution in [2.75, 3.05) is 37.9 Å². The van der Waals surface area contributed by atoms with Gasteiger partial charge in [-0.2, -0.15) is 0 Å². The largest absolute Gasteiger partial charge is 0.497 e. The normalized spacial score (nSPS) is 11.8. The highest BCUT2D eigenvalue weighted by atomic mass is 32.2. The van der Waals surface area contributed by atoms with E-state index in [2.05, 4.69) is 5.32 Å². The Morgan fingerprint density at radius 2 is 1.61 bits per heavy atom. The monoisotopic (exact) mass is 581 g/mol. The molecule has 41 heavy (non-hydrogen) atoms. The third-order valence-electron chi connectivity index (χ3n) is 6.63. The molecule has 0 saturated carbocycles. The van der Waals surface area contributed by atoms with Crippen molar-refractivity contribution < 1.29 is 27.5 Å². The van der Waals surface area contributed by atoms with E-state index in [1.54, 1.807) is 12.1 Å². The summed E-state index contributed by atoms with van der Waals surface area (Å²) in [5, 5.41) is 2.93. The third-order valence-corrected chi connectivity index (χ3v) is 7.75. The van der Waals surface area contributed by atoms with Gasteiger partial charge in [-0.05, 0) is 36.6 Å². The smallest absolute Gasteiger partial charge is 0.244 e. The first kappa shape index (κ1) is 31.5. The van der Waals surface area contributed by atoms with E-state index in [1.165, 1.54) is 25.2 Å². The second-order valence-corrected chi connectivity index (χ2v) is 11.7. The summed E-state index contributed by atoms with van der Waals surface area (Å²) in [5.74, 6) is -0.176. The second kappa shape index (κ2) is 14.5. The highest BCUT2D eigenvalue weighted by Crippen LogP contribution is 2.34. The number of methoxy groups -OCH3 is 2. The third kappa shape index (κ3) is 8.72. The average Bonchev–Trinajstić information content (AvgIpc) is 2.96. The molecule has 0 heterocycles. The fourth-order valence-corrected chi connectivity index (χ4v) is 5.24. The second-order valence-electron chi connectivity index (χ2n) is 9.81. The van der Waals surface area contributed by atoms with Gasteiger partial charge in [-0.1, -0.05) is 67.1 Å². The van der Waals surface area contributed by atoms with Crippen LogP contribution < -0.4 is 19.1 Å². The van der Waals surface area contributed by atoms with Crippen LogP contribution in [0.4, 0.5) is 5.69 Å². The van der Waals surface area contributed by atoms with Gasteiger partial charge in [-0.25, -0.2) is 8.42 Å². The number of carbonyl (C=O) groups is 2. The van der Waals surface area contributed by atoms with Crippen LogP contribution in [-0.4, -0.2) is 64.7 Å². The van der Waals surface area contributed by atoms with Crippen molar-refractivity contribution in [3.63, 3.8) is 0 Å². The number of carbonyl (C=O) groups excluding carboxylic acids is 2. The van der Waals surface area contributed by atoms with Crippen molar-refractivity contribution in [1.82, 2.24) is 10.2 Å². The van der Waals surface area contributed by atoms with Crippen molar-refractivity contribution in [2.45, 2.75) is 39.3 Å². The number of sulfonamides is 1. The Bertz CT molecular complexity index is 1410. The van der Waals surface area contributed by atoms with Crippen LogP contribution >= 0.6 is 0 Å². The van der Waals surface area contributed by atoms with Gasteiger partial charge in [-0.3, -0.25) is 13.9 Å². The van der Waals surface area contributed by atoms with E-state index >= 15 is 0 Å². The molecule has 2 amide bonds. The average molecular weight is 582 g/mol. The van der Waals surface area contributed by atoms with Crippen LogP contribution in [0.5, 0.6) is 11.5 Å². The summed E-state index contributed by atoms with van der Waals surface area (Å²) < 4.78 is 37.9. The van der Waals surface area contributed by atoms with E-state index in [-0.39, 0.29) is 30.3 Å². The van der Waals surface area contributed by atoms with E-state index in [1.807, 2.05) is 68.4 Å². The van der Waals surface area contributed by atoms with Crippen LogP contribution in [0.1, 0.15) is 30.0 Å². The molecule has 0 radical (unpaired) electrons. The van der Waals surface area contributed by atoms with Crippen molar-refractivity contribution in [3.05, 3.63) is 89.5 Å². The lowest BCUT2D eigenvalue weighted by Gasteiger charge is -2.33. The number of benzene rings is 3. The molecule has 3 aromatic rings. The van der Waals surface area contributed by atoms with E-state index in [4.69, 9.17) is 9.47 Å². The molecule has 0 aromatic heterocycles. The summed E-state index contributed by atoms with van der Waals surface area (Å²) in [6, 6.07) is 21.0. The fourth-order valence-electron chi connectivity index (χ4n) is 4.40. The van der Waals surface area contributed by atoms with Gasteiger partial charge in [0.1, 0.15) is 24.1 Å². The summed E-state index contributed by atoms with van der Waals surface area (Å²) in [6.45, 7) is 3.94. The zero-order valence-corrected chi connectivity index (χ0v) is 25.1. The molecule has 3 aromatic carbocycles. The zero-order valence-electron chi connectivity index (χ0n) is 24.3. The molecular weight excluding hydrogens is 542 g/mol. The summed E-state index contributed by atoms with van der Waals surface area (Å²) in [6.07, 6.45) is 2.02. The van der Waals surface area contributed by atoms with Gasteiger partial charge in [0.2, 0.25) is 21.8 Å². The minimum absolute atomic E-state index is 0.114. The predicted molar refractivity (Wildman–Crippen MR) is 161 cm³/mol. The SMILES string of the molecule is CCCNC(=O)[C@@H](Cc1ccccc1)N(Cc1ccc(C)cc1)C(=O)CN(c1cc(OC)ccc1OC)S(C)(=O)=O. The Morgan fingerprint density at radius 1 is 0.927 bits per heavy atom. The molecule has 0 aliphatic heterocycles. The molecule has 3 rings (SSSR count). The van der Waals surface area contributed by atoms with Crippen LogP contribution in [-0.2, 0) is 32.6 Å². The standard InChI is InChI=1S/C31H39N3O6S/c1-6-18-32-31(36)28(19-24-10-8-7-9-11-24)33(21-25-14-12-23(2)13-15-25)30(35)22-34(41(5,37)38)27-20-26(39-3)16-17-29(27)40-4/h7-17,20,28H,6,18-19,21-22H2,1-5H3,(H,32,36)/t28-/m1/s1. The maximum atomic E-state index is 14.2. The van der Waals surface area contributed by atoms with E-state index in [0.717, 1.165) is 33.7 Å². The van der Waals surface area contributed by atoms with Gasteiger partial charge in [-0.15, -0.1) is 0 Å². The number of ether oxygens (including phenoxy) is 2. The summed E-state index contributed by atoms with van der Waals surface area (Å²) in [7, 11) is -1.06. The Hall–Kier alpha value is -4.05. The van der Waals surface area contributed by atoms with Crippen molar-refractivity contribution in [2.24, 2.45) is 0 Å². The molecule has 0 saturated heterocycles. The molecule has 9 nitrogen and oxygen atoms in total. The van der Waals surface area contributed by atoms with Gasteiger partial charge < -0.3 is 19.7 Å². The topological polar surface area (TPSA) is 105 Å².